The number of phenols is 1. The molecule has 5 nitrogen and oxygen atoms in total. The molecule has 24 heavy (non-hydrogen) atoms. The van der Waals surface area contributed by atoms with E-state index in [2.05, 4.69) is 10.5 Å². The van der Waals surface area contributed by atoms with Gasteiger partial charge in [-0.2, -0.15) is 5.10 Å². The first-order chi connectivity index (χ1) is 11.5. The Hall–Kier alpha value is -2.82. The zero-order valence-corrected chi connectivity index (χ0v) is 14.2. The summed E-state index contributed by atoms with van der Waals surface area (Å²) in [5, 5.41) is 14.0. The lowest BCUT2D eigenvalue weighted by molar-refractivity contribution is 0.0954. The predicted octanol–water partition coefficient (Wildman–Crippen LogP) is 3.64. The van der Waals surface area contributed by atoms with Crippen molar-refractivity contribution < 1.29 is 14.6 Å². The standard InChI is InChI=1S/C19H22N2O3/c1-4-11-24-16-8-6-15(7-9-16)19(23)21-20-14(3)17-10-5-13(2)12-18(17)22/h5-10,12,22H,4,11H2,1-3H3,(H,21,23)/b20-14-. The van der Waals surface area contributed by atoms with Crippen molar-refractivity contribution >= 4 is 11.6 Å². The van der Waals surface area contributed by atoms with Gasteiger partial charge in [-0.1, -0.05) is 13.0 Å². The maximum Gasteiger partial charge on any atom is 0.271 e. The Balaban J connectivity index is 2.03. The summed E-state index contributed by atoms with van der Waals surface area (Å²) < 4.78 is 5.48. The molecule has 0 aliphatic carbocycles. The van der Waals surface area contributed by atoms with Gasteiger partial charge in [0.25, 0.3) is 5.91 Å². The summed E-state index contributed by atoms with van der Waals surface area (Å²) in [5.74, 6) is 0.559. The highest BCUT2D eigenvalue weighted by Crippen LogP contribution is 2.19. The molecule has 0 radical (unpaired) electrons. The molecule has 0 atom stereocenters. The average molecular weight is 326 g/mol. The lowest BCUT2D eigenvalue weighted by Crippen LogP contribution is -2.19. The first kappa shape index (κ1) is 17.5. The van der Waals surface area contributed by atoms with Crippen LogP contribution < -0.4 is 10.2 Å². The third kappa shape index (κ3) is 4.59. The van der Waals surface area contributed by atoms with E-state index in [0.29, 0.717) is 23.4 Å². The highest BCUT2D eigenvalue weighted by molar-refractivity contribution is 6.02. The summed E-state index contributed by atoms with van der Waals surface area (Å²) in [4.78, 5) is 12.1. The highest BCUT2D eigenvalue weighted by Gasteiger charge is 2.08. The molecule has 0 aromatic heterocycles. The number of phenolic OH excluding ortho intramolecular Hbond substituents is 1. The van der Waals surface area contributed by atoms with E-state index in [1.54, 1.807) is 43.3 Å². The maximum atomic E-state index is 12.1. The number of carbonyl (C=O) groups is 1. The smallest absolute Gasteiger partial charge is 0.271 e. The number of aryl methyl sites for hydroxylation is 1. The summed E-state index contributed by atoms with van der Waals surface area (Å²) >= 11 is 0. The molecule has 126 valence electrons. The van der Waals surface area contributed by atoms with E-state index >= 15 is 0 Å². The van der Waals surface area contributed by atoms with Gasteiger partial charge in [0, 0.05) is 11.1 Å². The lowest BCUT2D eigenvalue weighted by atomic mass is 10.1. The number of amides is 1. The van der Waals surface area contributed by atoms with Crippen LogP contribution in [0.4, 0.5) is 0 Å². The molecule has 5 heteroatoms. The zero-order valence-electron chi connectivity index (χ0n) is 14.2. The molecule has 1 amide bonds. The lowest BCUT2D eigenvalue weighted by Gasteiger charge is -2.07. The molecule has 0 bridgehead atoms. The molecule has 2 N–H and O–H groups in total. The van der Waals surface area contributed by atoms with E-state index < -0.39 is 0 Å². The normalized spacial score (nSPS) is 11.2. The van der Waals surface area contributed by atoms with Crippen LogP contribution in [0.3, 0.4) is 0 Å². The summed E-state index contributed by atoms with van der Waals surface area (Å²) in [7, 11) is 0. The predicted molar refractivity (Wildman–Crippen MR) is 94.7 cm³/mol. The summed E-state index contributed by atoms with van der Waals surface area (Å²) in [6.07, 6.45) is 0.933. The Bertz CT molecular complexity index is 737. The number of hydrogen-bond acceptors (Lipinski definition) is 4. The monoisotopic (exact) mass is 326 g/mol. The van der Waals surface area contributed by atoms with E-state index in [-0.39, 0.29) is 11.7 Å². The second kappa shape index (κ2) is 8.15. The van der Waals surface area contributed by atoms with Crippen LogP contribution in [0, 0.1) is 6.92 Å². The molecule has 0 unspecified atom stereocenters. The van der Waals surface area contributed by atoms with E-state index in [0.717, 1.165) is 17.7 Å². The molecule has 2 aromatic rings. The zero-order chi connectivity index (χ0) is 17.5. The molecule has 0 saturated heterocycles. The minimum Gasteiger partial charge on any atom is -0.507 e. The molecule has 0 aliphatic heterocycles. The molecule has 2 rings (SSSR count). The van der Waals surface area contributed by atoms with Gasteiger partial charge < -0.3 is 9.84 Å². The van der Waals surface area contributed by atoms with Gasteiger partial charge in [0.2, 0.25) is 0 Å². The number of ether oxygens (including phenoxy) is 1. The number of hydrazone groups is 1. The van der Waals surface area contributed by atoms with Crippen molar-refractivity contribution in [2.45, 2.75) is 27.2 Å². The average Bonchev–Trinajstić information content (AvgIpc) is 2.58. The SMILES string of the molecule is CCCOc1ccc(C(=O)N/N=C(/C)c2ccc(C)cc2O)cc1. The molecule has 0 aliphatic rings. The van der Waals surface area contributed by atoms with E-state index in [9.17, 15) is 9.90 Å². The van der Waals surface area contributed by atoms with Crippen molar-refractivity contribution in [3.8, 4) is 11.5 Å². The van der Waals surface area contributed by atoms with Crippen LogP contribution in [0.1, 0.15) is 41.8 Å². The second-order valence-electron chi connectivity index (χ2n) is 5.53. The van der Waals surface area contributed by atoms with E-state index in [4.69, 9.17) is 4.74 Å². The van der Waals surface area contributed by atoms with Crippen molar-refractivity contribution in [2.24, 2.45) is 5.10 Å². The van der Waals surface area contributed by atoms with Crippen LogP contribution in [-0.4, -0.2) is 23.3 Å². The summed E-state index contributed by atoms with van der Waals surface area (Å²) in [6, 6.07) is 12.2. The molecular weight excluding hydrogens is 304 g/mol. The Kier molecular flexibility index (Phi) is 5.95. The van der Waals surface area contributed by atoms with Gasteiger partial charge in [-0.25, -0.2) is 5.43 Å². The topological polar surface area (TPSA) is 70.9 Å². The van der Waals surface area contributed by atoms with Gasteiger partial charge in [0.1, 0.15) is 11.5 Å². The fraction of sp³-hybridized carbons (Fsp3) is 0.263. The Morgan fingerprint density at radius 2 is 1.92 bits per heavy atom. The van der Waals surface area contributed by atoms with Crippen LogP contribution in [-0.2, 0) is 0 Å². The van der Waals surface area contributed by atoms with Crippen LogP contribution in [0.2, 0.25) is 0 Å². The number of nitrogens with zero attached hydrogens (tertiary/aromatic N) is 1. The number of hydrogen-bond donors (Lipinski definition) is 2. The third-order valence-corrected chi connectivity index (χ3v) is 3.46. The highest BCUT2D eigenvalue weighted by atomic mass is 16.5. The van der Waals surface area contributed by atoms with E-state index in [1.807, 2.05) is 19.9 Å². The molecule has 0 saturated carbocycles. The first-order valence-electron chi connectivity index (χ1n) is 7.88. The maximum absolute atomic E-state index is 12.1. The quantitative estimate of drug-likeness (QED) is 0.629. The van der Waals surface area contributed by atoms with Gasteiger partial charge >= 0.3 is 0 Å². The third-order valence-electron chi connectivity index (χ3n) is 3.46. The van der Waals surface area contributed by atoms with Crippen LogP contribution >= 0.6 is 0 Å². The summed E-state index contributed by atoms with van der Waals surface area (Å²) in [5.41, 5.74) is 5.06. The van der Waals surface area contributed by atoms with Crippen molar-refractivity contribution in [3.05, 3.63) is 59.2 Å². The van der Waals surface area contributed by atoms with Crippen LogP contribution in [0.15, 0.2) is 47.6 Å². The molecule has 0 spiro atoms. The number of rotatable bonds is 6. The van der Waals surface area contributed by atoms with Crippen molar-refractivity contribution in [2.75, 3.05) is 6.61 Å². The summed E-state index contributed by atoms with van der Waals surface area (Å²) in [6.45, 7) is 6.31. The van der Waals surface area contributed by atoms with Crippen molar-refractivity contribution in [1.82, 2.24) is 5.43 Å². The van der Waals surface area contributed by atoms with Crippen molar-refractivity contribution in [1.29, 1.82) is 0 Å². The fourth-order valence-corrected chi connectivity index (χ4v) is 2.13. The Labute approximate surface area is 142 Å². The van der Waals surface area contributed by atoms with E-state index in [1.165, 1.54) is 0 Å². The van der Waals surface area contributed by atoms with Gasteiger partial charge in [-0.15, -0.1) is 0 Å². The van der Waals surface area contributed by atoms with Crippen LogP contribution in [0.25, 0.3) is 0 Å². The van der Waals surface area contributed by atoms with Gasteiger partial charge in [-0.05, 0) is 62.2 Å². The fourth-order valence-electron chi connectivity index (χ4n) is 2.13. The van der Waals surface area contributed by atoms with Gasteiger partial charge in [-0.3, -0.25) is 4.79 Å². The first-order valence-corrected chi connectivity index (χ1v) is 7.88. The molecule has 0 fully saturated rings. The Morgan fingerprint density at radius 1 is 1.21 bits per heavy atom. The molecular formula is C19H22N2O3. The largest absolute Gasteiger partial charge is 0.507 e. The second-order valence-corrected chi connectivity index (χ2v) is 5.53. The molecule has 2 aromatic carbocycles. The number of aromatic hydroxyl groups is 1. The van der Waals surface area contributed by atoms with Gasteiger partial charge in [0.15, 0.2) is 0 Å². The number of nitrogens with one attached hydrogen (secondary N) is 1. The number of benzene rings is 2. The van der Waals surface area contributed by atoms with Crippen LogP contribution in [0.5, 0.6) is 11.5 Å². The minimum atomic E-state index is -0.317. The minimum absolute atomic E-state index is 0.142. The number of carbonyl (C=O) groups excluding carboxylic acids is 1. The van der Waals surface area contributed by atoms with Crippen molar-refractivity contribution in [3.63, 3.8) is 0 Å². The van der Waals surface area contributed by atoms with Gasteiger partial charge in [0.05, 0.1) is 12.3 Å². The Morgan fingerprint density at radius 3 is 2.54 bits per heavy atom. The molecule has 0 heterocycles.